The molecule has 30 heteroatoms. The summed E-state index contributed by atoms with van der Waals surface area (Å²) in [7, 11) is -1.41. The van der Waals surface area contributed by atoms with Gasteiger partial charge in [0.1, 0.15) is 11.9 Å². The van der Waals surface area contributed by atoms with Crippen molar-refractivity contribution in [2.24, 2.45) is 0 Å². The highest BCUT2D eigenvalue weighted by atomic mass is 79.9. The van der Waals surface area contributed by atoms with Gasteiger partial charge in [0.25, 0.3) is 0 Å². The van der Waals surface area contributed by atoms with Gasteiger partial charge in [-0.05, 0) is 167 Å². The van der Waals surface area contributed by atoms with Crippen LogP contribution in [-0.4, -0.2) is 98.4 Å². The van der Waals surface area contributed by atoms with Gasteiger partial charge in [0.2, 0.25) is 23.0 Å². The first-order chi connectivity index (χ1) is 38.7. The van der Waals surface area contributed by atoms with E-state index in [0.717, 1.165) is 30.6 Å². The van der Waals surface area contributed by atoms with E-state index in [-0.39, 0.29) is 89.6 Å². The van der Waals surface area contributed by atoms with Crippen molar-refractivity contribution in [1.82, 2.24) is 21.0 Å². The van der Waals surface area contributed by atoms with Crippen molar-refractivity contribution >= 4 is 159 Å². The number of anilines is 3. The number of fused-ring (bicyclic) bond motifs is 3. The van der Waals surface area contributed by atoms with Crippen molar-refractivity contribution in [3.05, 3.63) is 97.6 Å². The van der Waals surface area contributed by atoms with E-state index in [1.807, 2.05) is 132 Å². The molecule has 3 amide bonds. The quantitative estimate of drug-likeness (QED) is 0.0473. The zero-order chi connectivity index (χ0) is 63.5. The lowest BCUT2D eigenvalue weighted by Crippen LogP contribution is -2.41. The Bertz CT molecular complexity index is 3420. The van der Waals surface area contributed by atoms with Crippen molar-refractivity contribution in [3.8, 4) is 6.07 Å². The number of hydroxylamine groups is 1. The second kappa shape index (κ2) is 36.5. The molecule has 3 fully saturated rings. The van der Waals surface area contributed by atoms with E-state index >= 15 is 0 Å². The van der Waals surface area contributed by atoms with Crippen molar-refractivity contribution < 1.29 is 70.3 Å². The Morgan fingerprint density at radius 2 is 0.844 bits per heavy atom. The van der Waals surface area contributed by atoms with Crippen molar-refractivity contribution in [2.75, 3.05) is 16.4 Å². The molecule has 0 spiro atoms. The number of carbonyl (C=O) groups excluding carboxylic acids is 4. The van der Waals surface area contributed by atoms with Gasteiger partial charge < -0.3 is 57.9 Å². The van der Waals surface area contributed by atoms with Crippen LogP contribution in [0.5, 0.6) is 0 Å². The number of aromatic nitrogens is 3. The zero-order valence-electron chi connectivity index (χ0n) is 49.2. The topological polar surface area (TPSA) is 308 Å². The number of nitrogens with two attached hydrogens (primary N) is 1. The predicted octanol–water partition coefficient (Wildman–Crippen LogP) is 15.6. The first kappa shape index (κ1) is 88.4. The van der Waals surface area contributed by atoms with Crippen LogP contribution in [0.15, 0.2) is 99.8 Å². The lowest BCUT2D eigenvalue weighted by molar-refractivity contribution is -0.127. The molecule has 4 aromatic carbocycles. The molecule has 498 valence electrons. The van der Waals surface area contributed by atoms with Gasteiger partial charge in [-0.25, -0.2) is 9.87 Å². The molecule has 0 bridgehead atoms. The molecule has 3 aromatic heterocycles. The van der Waals surface area contributed by atoms with Crippen LogP contribution in [-0.2, 0) is 47.1 Å². The second-order valence-corrected chi connectivity index (χ2v) is 25.0. The summed E-state index contributed by atoms with van der Waals surface area (Å²) in [6, 6.07) is 22.7. The average Bonchev–Trinajstić information content (AvgIpc) is 1.67. The van der Waals surface area contributed by atoms with Crippen LogP contribution < -0.4 is 27.3 Å². The number of halogens is 5. The van der Waals surface area contributed by atoms with Crippen LogP contribution >= 0.6 is 59.4 Å². The lowest BCUT2D eigenvalue weighted by atomic mass is 9.49. The van der Waals surface area contributed by atoms with E-state index in [0.29, 0.717) is 38.7 Å². The zero-order valence-corrected chi connectivity index (χ0v) is 54.7. The smallest absolute Gasteiger partial charge is 0.405 e. The van der Waals surface area contributed by atoms with Crippen LogP contribution in [0.1, 0.15) is 161 Å². The van der Waals surface area contributed by atoms with Gasteiger partial charge >= 0.3 is 21.1 Å². The Morgan fingerprint density at radius 3 is 1.20 bits per heavy atom. The van der Waals surface area contributed by atoms with Crippen LogP contribution in [0.2, 0.25) is 0 Å². The maximum atomic E-state index is 12.6. The molecule has 0 aliphatic carbocycles. The molecule has 0 atom stereocenters. The third kappa shape index (κ3) is 24.0. The molecule has 0 radical (unpaired) electrons. The van der Waals surface area contributed by atoms with Crippen LogP contribution in [0, 0.1) is 17.1 Å². The maximum Gasteiger partial charge on any atom is 0.494 e. The van der Waals surface area contributed by atoms with Gasteiger partial charge in [-0.1, -0.05) is 114 Å². The number of hydrogen-bond acceptors (Lipinski definition) is 19. The Hall–Kier alpha value is -5.77. The van der Waals surface area contributed by atoms with Crippen molar-refractivity contribution in [2.45, 2.75) is 189 Å². The molecule has 0 saturated carbocycles. The van der Waals surface area contributed by atoms with Gasteiger partial charge in [0, 0.05) is 41.1 Å². The molecular weight excluding hydrogens is 1380 g/mol. The molecule has 0 unspecified atom stereocenters. The predicted molar refractivity (Wildman–Crippen MR) is 370 cm³/mol. The molecule has 6 heterocycles. The summed E-state index contributed by atoms with van der Waals surface area (Å²) >= 11 is 14.3. The monoisotopic (exact) mass is 1470 g/mol. The number of nitriles is 1. The number of hydrogen-bond donors (Lipinski definition) is 5. The highest BCUT2D eigenvalue weighted by molar-refractivity contribution is 9.11. The number of nitrogen functional groups attached to an aromatic ring is 1. The fraction of sp³-hybridized carbons (Fsp3) is 0.467. The van der Waals surface area contributed by atoms with Crippen molar-refractivity contribution in [3.63, 3.8) is 0 Å². The van der Waals surface area contributed by atoms with E-state index in [1.165, 1.54) is 45.3 Å². The molecule has 90 heavy (non-hydrogen) atoms. The summed E-state index contributed by atoms with van der Waals surface area (Å²) in [4.78, 5) is 40.6. The SMILES string of the molecule is C.C.C.C.C.C.CC(=O)Cl.CC(=O)NO.CC(=O)Nc1noc2cc(B3OC(C)(C)C(C)(C)O3)ccc12.CC(=O)Nc1noc2cc(Br)ccc12.CC1(C)OB(B2OC(C)(C)C(C)(C)O2)OC1(C)C.N#Cc1ccc(Br)cc1F.Nc1noc2cc(Br)ccc12. The third-order valence-electron chi connectivity index (χ3n) is 13.5. The first-order valence-electron chi connectivity index (χ1n) is 25.5. The summed E-state index contributed by atoms with van der Waals surface area (Å²) < 4.78 is 66.2. The van der Waals surface area contributed by atoms with E-state index in [9.17, 15) is 23.6 Å². The maximum absolute atomic E-state index is 12.6. The van der Waals surface area contributed by atoms with Crippen LogP contribution in [0.4, 0.5) is 21.8 Å². The molecular formula is C60H90B3Br3ClFN8O14. The number of amides is 3. The number of nitrogens with zero attached hydrogens (tertiary/aromatic N) is 4. The summed E-state index contributed by atoms with van der Waals surface area (Å²) in [5, 5.41) is 34.3. The standard InChI is InChI=1S/C15H19BN2O4.C12H24B2O4.C9H7BrN2O2.C7H3BrFN.C7H5BrN2O.C2H3ClO.C2H5NO2.6CH4/c1-9(19)17-13-11-7-6-10(8-12(11)20-18-13)16-21-14(2,3)15(4,5)22-16;1-9(2)10(3,4)16-13(15-9)14-17-11(5,6)12(7,8)18-14;1-5(13)11-9-7-3-2-6(10)4-8(7)14-12-9;8-6-2-1-5(4-10)7(9)3-6;8-4-1-2-5-6(3-4)11-10-7(5)9;1-2(3)4;1-2(4)3-5;;;;;;/h6-8H,1-5H3,(H,17,18,19);1-8H3;2-4H,1H3,(H,11,12,13);1-3H;1-3H,(H2,9,10);1H3;5H,1H3,(H,3,4);6*1H4. The molecule has 7 aromatic rings. The van der Waals surface area contributed by atoms with Gasteiger partial charge in [-0.3, -0.25) is 24.4 Å². The summed E-state index contributed by atoms with van der Waals surface area (Å²) in [6.45, 7) is 29.6. The minimum absolute atomic E-state index is 0. The molecule has 6 N–H and O–H groups in total. The number of rotatable bonds is 4. The fourth-order valence-corrected chi connectivity index (χ4v) is 8.03. The highest BCUT2D eigenvalue weighted by Gasteiger charge is 2.63. The number of carbonyl (C=O) groups is 4. The summed E-state index contributed by atoms with van der Waals surface area (Å²) in [5.41, 5.74) is 7.53. The highest BCUT2D eigenvalue weighted by Crippen LogP contribution is 2.43. The van der Waals surface area contributed by atoms with E-state index < -0.39 is 44.1 Å². The van der Waals surface area contributed by atoms with Gasteiger partial charge in [0.05, 0.1) is 55.3 Å². The number of benzene rings is 4. The largest absolute Gasteiger partial charge is 0.494 e. The van der Waals surface area contributed by atoms with Crippen molar-refractivity contribution in [1.29, 1.82) is 5.26 Å². The van der Waals surface area contributed by atoms with E-state index in [4.69, 9.17) is 57.7 Å². The minimum atomic E-state index is -0.489. The first-order valence-corrected chi connectivity index (χ1v) is 28.3. The Labute approximate surface area is 561 Å². The van der Waals surface area contributed by atoms with E-state index in [2.05, 4.69) is 85.5 Å². The van der Waals surface area contributed by atoms with Crippen LogP contribution in [0.3, 0.4) is 0 Å². The molecule has 22 nitrogen and oxygen atoms in total. The Morgan fingerprint density at radius 1 is 0.533 bits per heavy atom. The van der Waals surface area contributed by atoms with E-state index in [1.54, 1.807) is 18.2 Å². The molecule has 3 aliphatic rings. The summed E-state index contributed by atoms with van der Waals surface area (Å²) in [6.07, 6.45) is 0. The second-order valence-electron chi connectivity index (χ2n) is 21.7. The Balaban J connectivity index is -0.00000102. The molecule has 3 saturated heterocycles. The fourth-order valence-electron chi connectivity index (χ4n) is 7.02. The molecule has 3 aliphatic heterocycles. The van der Waals surface area contributed by atoms with Gasteiger partial charge in [-0.15, -0.1) is 0 Å². The Kier molecular flexibility index (Phi) is 35.8. The number of nitrogens with one attached hydrogen (secondary N) is 3. The van der Waals surface area contributed by atoms with Gasteiger partial charge in [-0.2, -0.15) is 5.26 Å². The summed E-state index contributed by atoms with van der Waals surface area (Å²) in [5.74, 6) is 0.0331. The lowest BCUT2D eigenvalue weighted by Gasteiger charge is -2.32. The average molecular weight is 1470 g/mol. The van der Waals surface area contributed by atoms with Gasteiger partial charge in [0.15, 0.2) is 34.2 Å². The molecule has 10 rings (SSSR count). The third-order valence-corrected chi connectivity index (χ3v) is 15.0. The normalized spacial score (nSPS) is 15.8. The van der Waals surface area contributed by atoms with Crippen LogP contribution in [0.25, 0.3) is 32.9 Å². The minimum Gasteiger partial charge on any atom is -0.405 e.